The third kappa shape index (κ3) is 7.24. The van der Waals surface area contributed by atoms with Crippen LogP contribution in [0.25, 0.3) is 0 Å². The zero-order valence-electron chi connectivity index (χ0n) is 11.3. The first-order valence-corrected chi connectivity index (χ1v) is 6.62. The first kappa shape index (κ1) is 15.2. The molecule has 4 nitrogen and oxygen atoms in total. The third-order valence-corrected chi connectivity index (χ3v) is 2.80. The van der Waals surface area contributed by atoms with Gasteiger partial charge in [0.25, 0.3) is 0 Å². The Hall–Kier alpha value is -1.84. The van der Waals surface area contributed by atoms with Crippen molar-refractivity contribution < 1.29 is 14.3 Å². The maximum atomic E-state index is 11.4. The molecule has 0 fully saturated rings. The Morgan fingerprint density at radius 1 is 1.32 bits per heavy atom. The van der Waals surface area contributed by atoms with Gasteiger partial charge in [-0.05, 0) is 18.4 Å². The summed E-state index contributed by atoms with van der Waals surface area (Å²) in [6.45, 7) is 2.77. The Bertz CT molecular complexity index is 378. The fraction of sp³-hybridized carbons (Fsp3) is 0.467. The van der Waals surface area contributed by atoms with Crippen LogP contribution in [0.5, 0.6) is 0 Å². The summed E-state index contributed by atoms with van der Waals surface area (Å²) in [7, 11) is 0. The summed E-state index contributed by atoms with van der Waals surface area (Å²) < 4.78 is 5.07. The van der Waals surface area contributed by atoms with Crippen molar-refractivity contribution in [1.29, 1.82) is 0 Å². The summed E-state index contributed by atoms with van der Waals surface area (Å²) in [4.78, 5) is 21.8. The predicted molar refractivity (Wildman–Crippen MR) is 73.7 cm³/mol. The number of benzene rings is 1. The van der Waals surface area contributed by atoms with Gasteiger partial charge in [-0.25, -0.2) is 4.79 Å². The molecule has 0 unspecified atom stereocenters. The zero-order valence-corrected chi connectivity index (χ0v) is 11.3. The van der Waals surface area contributed by atoms with Crippen LogP contribution < -0.4 is 5.32 Å². The number of rotatable bonds is 8. The van der Waals surface area contributed by atoms with Crippen LogP contribution in [0.2, 0.25) is 0 Å². The quantitative estimate of drug-likeness (QED) is 0.579. The first-order chi connectivity index (χ1) is 9.22. The second-order valence-electron chi connectivity index (χ2n) is 4.60. The highest BCUT2D eigenvalue weighted by molar-refractivity contribution is 5.67. The highest BCUT2D eigenvalue weighted by Gasteiger charge is 2.02. The molecule has 0 saturated heterocycles. The minimum atomic E-state index is -0.396. The van der Waals surface area contributed by atoms with Crippen molar-refractivity contribution in [3.8, 4) is 0 Å². The molecule has 0 aliphatic carbocycles. The summed E-state index contributed by atoms with van der Waals surface area (Å²) in [6.07, 6.45) is 3.22. The summed E-state index contributed by atoms with van der Waals surface area (Å²) in [5, 5.41) is 2.70. The average molecular weight is 263 g/mol. The second-order valence-corrected chi connectivity index (χ2v) is 4.60. The Balaban J connectivity index is 2.04. The van der Waals surface area contributed by atoms with Crippen LogP contribution >= 0.6 is 0 Å². The lowest BCUT2D eigenvalue weighted by atomic mass is 10.1. The molecule has 1 atom stereocenters. The molecule has 19 heavy (non-hydrogen) atoms. The number of nitrogens with one attached hydrogen (secondary N) is 1. The number of carbonyl (C=O) groups excluding carboxylic acids is 2. The van der Waals surface area contributed by atoms with Crippen LogP contribution in [-0.2, 0) is 16.1 Å². The monoisotopic (exact) mass is 263 g/mol. The lowest BCUT2D eigenvalue weighted by Crippen LogP contribution is -2.25. The SMILES string of the molecule is C[C@H](C=O)CCCCNC(=O)OCc1ccccc1. The minimum absolute atomic E-state index is 0.102. The summed E-state index contributed by atoms with van der Waals surface area (Å²) in [6, 6.07) is 9.56. The average Bonchev–Trinajstić information content (AvgIpc) is 2.45. The molecular formula is C15H21NO3. The Labute approximate surface area is 114 Å². The van der Waals surface area contributed by atoms with Gasteiger partial charge >= 0.3 is 6.09 Å². The molecular weight excluding hydrogens is 242 g/mol. The number of carbonyl (C=O) groups is 2. The second kappa shape index (κ2) is 9.14. The number of hydrogen-bond donors (Lipinski definition) is 1. The van der Waals surface area contributed by atoms with Gasteiger partial charge in [0.05, 0.1) is 0 Å². The van der Waals surface area contributed by atoms with Crippen LogP contribution in [0.3, 0.4) is 0 Å². The van der Waals surface area contributed by atoms with Gasteiger partial charge in [0, 0.05) is 12.5 Å². The molecule has 4 heteroatoms. The number of aldehydes is 1. The first-order valence-electron chi connectivity index (χ1n) is 6.62. The topological polar surface area (TPSA) is 55.4 Å². The van der Waals surface area contributed by atoms with Crippen LogP contribution in [0, 0.1) is 5.92 Å². The molecule has 1 amide bonds. The van der Waals surface area contributed by atoms with Crippen molar-refractivity contribution >= 4 is 12.4 Å². The van der Waals surface area contributed by atoms with Crippen molar-refractivity contribution in [2.45, 2.75) is 32.8 Å². The van der Waals surface area contributed by atoms with E-state index in [1.807, 2.05) is 37.3 Å². The smallest absolute Gasteiger partial charge is 0.407 e. The highest BCUT2D eigenvalue weighted by atomic mass is 16.5. The molecule has 0 saturated carbocycles. The number of unbranched alkanes of at least 4 members (excludes halogenated alkanes) is 1. The molecule has 0 aromatic heterocycles. The summed E-state index contributed by atoms with van der Waals surface area (Å²) >= 11 is 0. The summed E-state index contributed by atoms with van der Waals surface area (Å²) in [5.74, 6) is 0.102. The molecule has 1 aromatic rings. The molecule has 1 aromatic carbocycles. The van der Waals surface area contributed by atoms with Gasteiger partial charge in [-0.15, -0.1) is 0 Å². The van der Waals surface area contributed by atoms with E-state index in [1.54, 1.807) is 0 Å². The predicted octanol–water partition coefficient (Wildman–Crippen LogP) is 2.92. The van der Waals surface area contributed by atoms with Gasteiger partial charge in [-0.3, -0.25) is 0 Å². The van der Waals surface area contributed by atoms with Gasteiger partial charge < -0.3 is 14.8 Å². The maximum absolute atomic E-state index is 11.4. The zero-order chi connectivity index (χ0) is 13.9. The van der Waals surface area contributed by atoms with E-state index in [0.717, 1.165) is 31.1 Å². The van der Waals surface area contributed by atoms with Crippen LogP contribution in [0.4, 0.5) is 4.79 Å². The highest BCUT2D eigenvalue weighted by Crippen LogP contribution is 2.04. The molecule has 0 aliphatic heterocycles. The fourth-order valence-electron chi connectivity index (χ4n) is 1.62. The van der Waals surface area contributed by atoms with Crippen molar-refractivity contribution in [2.24, 2.45) is 5.92 Å². The number of hydrogen-bond acceptors (Lipinski definition) is 3. The van der Waals surface area contributed by atoms with Gasteiger partial charge in [0.15, 0.2) is 0 Å². The lowest BCUT2D eigenvalue weighted by Gasteiger charge is -2.07. The molecule has 0 bridgehead atoms. The fourth-order valence-corrected chi connectivity index (χ4v) is 1.62. The standard InChI is InChI=1S/C15H21NO3/c1-13(11-17)7-5-6-10-16-15(18)19-12-14-8-3-2-4-9-14/h2-4,8-9,11,13H,5-7,10,12H2,1H3,(H,16,18)/t13-/m0/s1. The normalized spacial score (nSPS) is 11.6. The van der Waals surface area contributed by atoms with Crippen molar-refractivity contribution in [3.05, 3.63) is 35.9 Å². The van der Waals surface area contributed by atoms with E-state index >= 15 is 0 Å². The van der Waals surface area contributed by atoms with E-state index in [4.69, 9.17) is 4.74 Å². The Morgan fingerprint density at radius 3 is 2.74 bits per heavy atom. The largest absolute Gasteiger partial charge is 0.445 e. The van der Waals surface area contributed by atoms with E-state index in [0.29, 0.717) is 6.54 Å². The Kier molecular flexibility index (Phi) is 7.32. The minimum Gasteiger partial charge on any atom is -0.445 e. The number of amides is 1. The molecule has 104 valence electrons. The van der Waals surface area contributed by atoms with Crippen LogP contribution in [0.15, 0.2) is 30.3 Å². The molecule has 1 N–H and O–H groups in total. The molecule has 0 spiro atoms. The molecule has 1 rings (SSSR count). The van der Waals surface area contributed by atoms with E-state index in [-0.39, 0.29) is 12.5 Å². The summed E-state index contributed by atoms with van der Waals surface area (Å²) in [5.41, 5.74) is 0.970. The number of ether oxygens (including phenoxy) is 1. The van der Waals surface area contributed by atoms with E-state index in [9.17, 15) is 9.59 Å². The number of alkyl carbamates (subject to hydrolysis) is 1. The van der Waals surface area contributed by atoms with Gasteiger partial charge in [-0.2, -0.15) is 0 Å². The maximum Gasteiger partial charge on any atom is 0.407 e. The molecule has 0 heterocycles. The Morgan fingerprint density at radius 2 is 2.05 bits per heavy atom. The third-order valence-electron chi connectivity index (χ3n) is 2.80. The van der Waals surface area contributed by atoms with E-state index in [1.165, 1.54) is 0 Å². The van der Waals surface area contributed by atoms with Crippen LogP contribution in [0.1, 0.15) is 31.7 Å². The van der Waals surface area contributed by atoms with Crippen LogP contribution in [-0.4, -0.2) is 18.9 Å². The van der Waals surface area contributed by atoms with E-state index < -0.39 is 6.09 Å². The van der Waals surface area contributed by atoms with Gasteiger partial charge in [-0.1, -0.05) is 43.7 Å². The van der Waals surface area contributed by atoms with Crippen molar-refractivity contribution in [2.75, 3.05) is 6.54 Å². The van der Waals surface area contributed by atoms with E-state index in [2.05, 4.69) is 5.32 Å². The van der Waals surface area contributed by atoms with Gasteiger partial charge in [0.2, 0.25) is 0 Å². The molecule has 0 aliphatic rings. The lowest BCUT2D eigenvalue weighted by molar-refractivity contribution is -0.110. The molecule has 0 radical (unpaired) electrons. The van der Waals surface area contributed by atoms with Crippen molar-refractivity contribution in [1.82, 2.24) is 5.32 Å². The van der Waals surface area contributed by atoms with Crippen molar-refractivity contribution in [3.63, 3.8) is 0 Å². The van der Waals surface area contributed by atoms with Gasteiger partial charge in [0.1, 0.15) is 12.9 Å².